The maximum atomic E-state index is 11.9. The molecular formula is C7H9F3N4O3. The van der Waals surface area contributed by atoms with Gasteiger partial charge in [0.15, 0.2) is 10.8 Å². The largest absolute Gasteiger partial charge is 0.504 e. The third kappa shape index (κ3) is 3.81. The first-order chi connectivity index (χ1) is 7.80. The maximum absolute atomic E-state index is 11.9. The van der Waals surface area contributed by atoms with E-state index in [2.05, 4.69) is 10.4 Å². The van der Waals surface area contributed by atoms with Crippen LogP contribution in [0.25, 0.3) is 0 Å². The van der Waals surface area contributed by atoms with Crippen LogP contribution >= 0.6 is 0 Å². The molecule has 0 aliphatic carbocycles. The average Bonchev–Trinajstić information content (AvgIpc) is 2.59. The van der Waals surface area contributed by atoms with Crippen molar-refractivity contribution in [1.82, 2.24) is 10.2 Å². The number of hydrogen-bond acceptors (Lipinski definition) is 3. The molecular weight excluding hydrogens is 245 g/mol. The molecule has 0 aromatic heterocycles. The predicted molar refractivity (Wildman–Crippen MR) is 50.8 cm³/mol. The van der Waals surface area contributed by atoms with Gasteiger partial charge in [-0.05, 0) is 6.08 Å². The Hall–Kier alpha value is -2.00. The smallest absolute Gasteiger partial charge is 0.448 e. The summed E-state index contributed by atoms with van der Waals surface area (Å²) >= 11 is 0. The molecule has 0 atom stereocenters. The lowest BCUT2D eigenvalue weighted by Gasteiger charge is -2.13. The standard InChI is InChI=1S/C7H9F3N4O3/c8-7(9,10)5(15)1-3-13-4-2-11-6(13)12-14(16)17/h1,15H,2-4H2,(H,11,12)/b5-1+. The van der Waals surface area contributed by atoms with Gasteiger partial charge in [0.05, 0.1) is 0 Å². The van der Waals surface area contributed by atoms with Gasteiger partial charge in [-0.3, -0.25) is 0 Å². The van der Waals surface area contributed by atoms with E-state index in [0.717, 1.165) is 0 Å². The Kier molecular flexibility index (Phi) is 3.76. The molecule has 0 saturated carbocycles. The zero-order valence-corrected chi connectivity index (χ0v) is 8.44. The van der Waals surface area contributed by atoms with Gasteiger partial charge in [0.1, 0.15) is 5.10 Å². The van der Waals surface area contributed by atoms with Crippen LogP contribution in [0.1, 0.15) is 0 Å². The van der Waals surface area contributed by atoms with Crippen molar-refractivity contribution in [3.05, 3.63) is 21.9 Å². The number of nitrogens with one attached hydrogen (secondary N) is 1. The highest BCUT2D eigenvalue weighted by Gasteiger charge is 2.34. The minimum Gasteiger partial charge on any atom is -0.504 e. The predicted octanol–water partition coefficient (Wildman–Crippen LogP) is 0.444. The van der Waals surface area contributed by atoms with Crippen molar-refractivity contribution in [2.75, 3.05) is 19.6 Å². The second-order valence-corrected chi connectivity index (χ2v) is 3.12. The summed E-state index contributed by atoms with van der Waals surface area (Å²) in [6, 6.07) is 0. The molecule has 1 fully saturated rings. The van der Waals surface area contributed by atoms with Crippen LogP contribution in [0.5, 0.6) is 0 Å². The summed E-state index contributed by atoms with van der Waals surface area (Å²) in [5, 5.41) is 23.3. The minimum atomic E-state index is -4.81. The number of aliphatic hydroxyl groups is 1. The van der Waals surface area contributed by atoms with Crippen molar-refractivity contribution in [2.24, 2.45) is 5.10 Å². The molecule has 17 heavy (non-hydrogen) atoms. The maximum Gasteiger partial charge on any atom is 0.448 e. The monoisotopic (exact) mass is 254 g/mol. The summed E-state index contributed by atoms with van der Waals surface area (Å²) in [5.41, 5.74) is 0. The van der Waals surface area contributed by atoms with Gasteiger partial charge in [0.25, 0.3) is 5.96 Å². The highest BCUT2D eigenvalue weighted by atomic mass is 19.4. The van der Waals surface area contributed by atoms with E-state index in [-0.39, 0.29) is 19.0 Å². The van der Waals surface area contributed by atoms with E-state index < -0.39 is 17.0 Å². The molecule has 1 aliphatic rings. The Balaban J connectivity index is 2.66. The molecule has 0 amide bonds. The van der Waals surface area contributed by atoms with Crippen LogP contribution in [0.4, 0.5) is 13.2 Å². The number of guanidine groups is 1. The fourth-order valence-corrected chi connectivity index (χ4v) is 1.19. The van der Waals surface area contributed by atoms with Crippen molar-refractivity contribution in [3.63, 3.8) is 0 Å². The van der Waals surface area contributed by atoms with Gasteiger partial charge in [-0.2, -0.15) is 13.2 Å². The van der Waals surface area contributed by atoms with Gasteiger partial charge in [0.2, 0.25) is 0 Å². The molecule has 0 spiro atoms. The number of hydrogen-bond donors (Lipinski definition) is 2. The van der Waals surface area contributed by atoms with Crippen LogP contribution in [0.15, 0.2) is 16.9 Å². The van der Waals surface area contributed by atoms with Gasteiger partial charge in [-0.1, -0.05) is 0 Å². The van der Waals surface area contributed by atoms with Gasteiger partial charge in [-0.15, -0.1) is 0 Å². The Morgan fingerprint density at radius 1 is 1.71 bits per heavy atom. The summed E-state index contributed by atoms with van der Waals surface area (Å²) in [6.07, 6.45) is -4.28. The van der Waals surface area contributed by atoms with E-state index >= 15 is 0 Å². The van der Waals surface area contributed by atoms with E-state index in [0.29, 0.717) is 12.6 Å². The number of alkyl halides is 3. The normalized spacial score (nSPS) is 19.6. The second kappa shape index (κ2) is 4.89. The second-order valence-electron chi connectivity index (χ2n) is 3.12. The van der Waals surface area contributed by atoms with Crippen LogP contribution in [-0.2, 0) is 0 Å². The fourth-order valence-electron chi connectivity index (χ4n) is 1.19. The van der Waals surface area contributed by atoms with Crippen LogP contribution in [0, 0.1) is 10.1 Å². The van der Waals surface area contributed by atoms with Gasteiger partial charge < -0.3 is 15.3 Å². The van der Waals surface area contributed by atoms with Crippen molar-refractivity contribution in [2.45, 2.75) is 6.18 Å². The van der Waals surface area contributed by atoms with E-state index in [4.69, 9.17) is 5.11 Å². The van der Waals surface area contributed by atoms with Crippen molar-refractivity contribution in [3.8, 4) is 0 Å². The lowest BCUT2D eigenvalue weighted by atomic mass is 10.4. The summed E-state index contributed by atoms with van der Waals surface area (Å²) < 4.78 is 35.8. The number of rotatable bonds is 3. The molecule has 1 rings (SSSR count). The quantitative estimate of drug-likeness (QED) is 0.433. The Morgan fingerprint density at radius 2 is 2.35 bits per heavy atom. The lowest BCUT2D eigenvalue weighted by Crippen LogP contribution is -2.31. The number of nitro groups is 1. The number of halogens is 3. The van der Waals surface area contributed by atoms with Crippen molar-refractivity contribution in [1.29, 1.82) is 0 Å². The molecule has 10 heteroatoms. The topological polar surface area (TPSA) is 91.0 Å². The molecule has 0 aromatic carbocycles. The van der Waals surface area contributed by atoms with Crippen LogP contribution in [0.2, 0.25) is 0 Å². The SMILES string of the molecule is O=[N+]([O-])/N=C1\NCCN1C/C=C(/O)C(F)(F)F. The average molecular weight is 254 g/mol. The van der Waals surface area contributed by atoms with Crippen LogP contribution < -0.4 is 5.32 Å². The van der Waals surface area contributed by atoms with E-state index in [1.54, 1.807) is 0 Å². The summed E-state index contributed by atoms with van der Waals surface area (Å²) in [6.45, 7) is 0.298. The number of nitrogens with zero attached hydrogens (tertiary/aromatic N) is 3. The molecule has 1 aliphatic heterocycles. The first-order valence-corrected chi connectivity index (χ1v) is 4.49. The van der Waals surface area contributed by atoms with E-state index in [1.165, 1.54) is 4.90 Å². The Labute approximate surface area is 93.4 Å². The molecule has 0 radical (unpaired) electrons. The van der Waals surface area contributed by atoms with Crippen molar-refractivity contribution >= 4 is 5.96 Å². The highest BCUT2D eigenvalue weighted by Crippen LogP contribution is 2.22. The molecule has 96 valence electrons. The number of aliphatic hydroxyl groups excluding tert-OH is 1. The summed E-state index contributed by atoms with van der Waals surface area (Å²) in [7, 11) is 0. The molecule has 0 bridgehead atoms. The molecule has 2 N–H and O–H groups in total. The molecule has 7 nitrogen and oxygen atoms in total. The van der Waals surface area contributed by atoms with Gasteiger partial charge in [0, 0.05) is 19.6 Å². The molecule has 0 unspecified atom stereocenters. The Morgan fingerprint density at radius 3 is 2.88 bits per heavy atom. The molecule has 1 heterocycles. The lowest BCUT2D eigenvalue weighted by molar-refractivity contribution is -0.485. The molecule has 1 saturated heterocycles. The number of allylic oxidation sites excluding steroid dienone is 1. The van der Waals surface area contributed by atoms with Crippen LogP contribution in [0.3, 0.4) is 0 Å². The Bertz CT molecular complexity index is 366. The summed E-state index contributed by atoms with van der Waals surface area (Å²) in [4.78, 5) is 11.3. The van der Waals surface area contributed by atoms with Crippen LogP contribution in [-0.4, -0.2) is 46.8 Å². The van der Waals surface area contributed by atoms with Gasteiger partial charge in [-0.25, -0.2) is 10.1 Å². The van der Waals surface area contributed by atoms with E-state index in [1.807, 2.05) is 0 Å². The number of hydrazone groups is 1. The zero-order valence-electron chi connectivity index (χ0n) is 8.44. The summed E-state index contributed by atoms with van der Waals surface area (Å²) in [5.74, 6) is -1.86. The highest BCUT2D eigenvalue weighted by molar-refractivity contribution is 5.81. The fraction of sp³-hybridized carbons (Fsp3) is 0.571. The van der Waals surface area contributed by atoms with E-state index in [9.17, 15) is 23.3 Å². The minimum absolute atomic E-state index is 0.124. The third-order valence-electron chi connectivity index (χ3n) is 1.94. The van der Waals surface area contributed by atoms with Gasteiger partial charge >= 0.3 is 6.18 Å². The zero-order chi connectivity index (χ0) is 13.1. The first kappa shape index (κ1) is 13.1. The first-order valence-electron chi connectivity index (χ1n) is 4.49. The molecule has 0 aromatic rings. The third-order valence-corrected chi connectivity index (χ3v) is 1.94. The van der Waals surface area contributed by atoms with Crippen molar-refractivity contribution < 1.29 is 23.3 Å².